The Labute approximate surface area is 145 Å². The van der Waals surface area contributed by atoms with Gasteiger partial charge in [-0.2, -0.15) is 0 Å². The minimum atomic E-state index is -0.995. The Morgan fingerprint density at radius 2 is 1.42 bits per heavy atom. The molecule has 0 aliphatic heterocycles. The van der Waals surface area contributed by atoms with Crippen LogP contribution in [0.2, 0.25) is 0 Å². The molecule has 0 fully saturated rings. The zero-order chi connectivity index (χ0) is 17.5. The summed E-state index contributed by atoms with van der Waals surface area (Å²) in [6, 6.07) is 14.6. The van der Waals surface area contributed by atoms with Gasteiger partial charge in [0.1, 0.15) is 17.5 Å². The average Bonchev–Trinajstić information content (AvgIpc) is 2.62. The zero-order valence-corrected chi connectivity index (χ0v) is 14.5. The molecule has 0 spiro atoms. The summed E-state index contributed by atoms with van der Waals surface area (Å²) in [6.07, 6.45) is 0. The van der Waals surface area contributed by atoms with Gasteiger partial charge >= 0.3 is 5.97 Å². The zero-order valence-electron chi connectivity index (χ0n) is 13.6. The monoisotopic (exact) mass is 347 g/mol. The van der Waals surface area contributed by atoms with Gasteiger partial charge < -0.3 is 20.3 Å². The average molecular weight is 347 g/mol. The number of carboxylic acid groups (broad SMARTS) is 1. The van der Waals surface area contributed by atoms with Crippen molar-refractivity contribution in [2.75, 3.05) is 20.0 Å². The predicted octanol–water partition coefficient (Wildman–Crippen LogP) is 2.94. The van der Waals surface area contributed by atoms with Gasteiger partial charge in [0.15, 0.2) is 0 Å². The van der Waals surface area contributed by atoms with Crippen LogP contribution in [-0.2, 0) is 4.79 Å². The van der Waals surface area contributed by atoms with Gasteiger partial charge in [0.05, 0.1) is 19.5 Å². The molecule has 1 unspecified atom stereocenters. The fourth-order valence-electron chi connectivity index (χ4n) is 2.21. The molecule has 0 aliphatic rings. The molecule has 0 saturated heterocycles. The normalized spacial score (nSPS) is 12.0. The second kappa shape index (κ2) is 8.61. The van der Waals surface area contributed by atoms with E-state index in [1.807, 2.05) is 48.5 Å². The van der Waals surface area contributed by atoms with Crippen LogP contribution in [0.1, 0.15) is 16.4 Å². The number of methoxy groups -OCH3 is 2. The Morgan fingerprint density at radius 1 is 1.00 bits per heavy atom. The van der Waals surface area contributed by atoms with Gasteiger partial charge in [-0.25, -0.2) is 0 Å². The van der Waals surface area contributed by atoms with E-state index in [4.69, 9.17) is 20.3 Å². The number of aliphatic carboxylic acids is 1. The lowest BCUT2D eigenvalue weighted by molar-refractivity contribution is -0.137. The molecule has 0 heterocycles. The van der Waals surface area contributed by atoms with Crippen molar-refractivity contribution in [3.8, 4) is 11.5 Å². The second-order valence-corrected chi connectivity index (χ2v) is 6.34. The van der Waals surface area contributed by atoms with E-state index >= 15 is 0 Å². The first kappa shape index (κ1) is 18.2. The summed E-state index contributed by atoms with van der Waals surface area (Å²) in [7, 11) is 3.24. The van der Waals surface area contributed by atoms with E-state index in [1.165, 1.54) is 11.8 Å². The first-order chi connectivity index (χ1) is 11.5. The number of carbonyl (C=O) groups is 1. The largest absolute Gasteiger partial charge is 0.497 e. The highest BCUT2D eigenvalue weighted by atomic mass is 32.2. The predicted molar refractivity (Wildman–Crippen MR) is 95.9 cm³/mol. The third-order valence-electron chi connectivity index (χ3n) is 3.60. The van der Waals surface area contributed by atoms with Crippen molar-refractivity contribution in [2.45, 2.75) is 11.3 Å². The molecular weight excluding hydrogens is 326 g/mol. The van der Waals surface area contributed by atoms with E-state index in [-0.39, 0.29) is 5.25 Å². The smallest absolute Gasteiger partial charge is 0.321 e. The number of carboxylic acids is 1. The van der Waals surface area contributed by atoms with Gasteiger partial charge in [0.2, 0.25) is 0 Å². The lowest BCUT2D eigenvalue weighted by Gasteiger charge is -2.19. The van der Waals surface area contributed by atoms with Crippen LogP contribution >= 0.6 is 11.8 Å². The van der Waals surface area contributed by atoms with Crippen LogP contribution in [0.3, 0.4) is 0 Å². The summed E-state index contributed by atoms with van der Waals surface area (Å²) in [5.74, 6) is 0.877. The van der Waals surface area contributed by atoms with Gasteiger partial charge in [-0.05, 0) is 35.4 Å². The van der Waals surface area contributed by atoms with Gasteiger partial charge in [0, 0.05) is 5.75 Å². The third-order valence-corrected chi connectivity index (χ3v) is 5.03. The molecule has 0 aromatic heterocycles. The van der Waals surface area contributed by atoms with E-state index in [9.17, 15) is 4.79 Å². The molecular formula is C18H21NO4S. The fraction of sp³-hybridized carbons (Fsp3) is 0.278. The van der Waals surface area contributed by atoms with Crippen molar-refractivity contribution in [3.05, 3.63) is 59.7 Å². The maximum Gasteiger partial charge on any atom is 0.321 e. The second-order valence-electron chi connectivity index (χ2n) is 5.20. The number of nitrogens with two attached hydrogens (primary N) is 1. The van der Waals surface area contributed by atoms with Crippen LogP contribution in [0.4, 0.5) is 0 Å². The number of benzene rings is 2. The lowest BCUT2D eigenvalue weighted by atomic mass is 10.0. The minimum absolute atomic E-state index is 0.0211. The van der Waals surface area contributed by atoms with Crippen molar-refractivity contribution in [3.63, 3.8) is 0 Å². The van der Waals surface area contributed by atoms with Crippen LogP contribution < -0.4 is 15.2 Å². The minimum Gasteiger partial charge on any atom is -0.497 e. The van der Waals surface area contributed by atoms with Gasteiger partial charge in [-0.1, -0.05) is 24.3 Å². The molecule has 0 radical (unpaired) electrons. The first-order valence-corrected chi connectivity index (χ1v) is 8.48. The summed E-state index contributed by atoms with van der Waals surface area (Å²) in [6.45, 7) is 0. The highest BCUT2D eigenvalue weighted by Gasteiger charge is 2.19. The van der Waals surface area contributed by atoms with E-state index in [1.54, 1.807) is 14.2 Å². The molecule has 3 N–H and O–H groups in total. The van der Waals surface area contributed by atoms with Gasteiger partial charge in [-0.15, -0.1) is 11.8 Å². The molecule has 2 aromatic carbocycles. The third kappa shape index (κ3) is 4.66. The highest BCUT2D eigenvalue weighted by molar-refractivity contribution is 7.99. The van der Waals surface area contributed by atoms with Gasteiger partial charge in [0.25, 0.3) is 0 Å². The SMILES string of the molecule is COc1ccc(C(SCC(N)C(=O)O)c2ccc(OC)cc2)cc1. The van der Waals surface area contributed by atoms with Crippen molar-refractivity contribution >= 4 is 17.7 Å². The van der Waals surface area contributed by atoms with Crippen LogP contribution in [0.15, 0.2) is 48.5 Å². The highest BCUT2D eigenvalue weighted by Crippen LogP contribution is 2.37. The Kier molecular flexibility index (Phi) is 6.52. The number of ether oxygens (including phenoxy) is 2. The first-order valence-electron chi connectivity index (χ1n) is 7.43. The van der Waals surface area contributed by atoms with E-state index in [2.05, 4.69) is 0 Å². The van der Waals surface area contributed by atoms with Crippen LogP contribution in [0.5, 0.6) is 11.5 Å². The molecule has 6 heteroatoms. The molecule has 0 amide bonds. The van der Waals surface area contributed by atoms with Crippen LogP contribution in [0, 0.1) is 0 Å². The van der Waals surface area contributed by atoms with Crippen molar-refractivity contribution in [1.29, 1.82) is 0 Å². The molecule has 0 saturated carbocycles. The maximum atomic E-state index is 11.0. The molecule has 0 aliphatic carbocycles. The van der Waals surface area contributed by atoms with Crippen molar-refractivity contribution < 1.29 is 19.4 Å². The summed E-state index contributed by atoms with van der Waals surface area (Å²) in [5, 5.41) is 8.98. The molecule has 2 rings (SSSR count). The van der Waals surface area contributed by atoms with E-state index in [0.29, 0.717) is 5.75 Å². The number of rotatable bonds is 8. The van der Waals surface area contributed by atoms with Crippen LogP contribution in [-0.4, -0.2) is 37.1 Å². The number of hydrogen-bond donors (Lipinski definition) is 2. The summed E-state index contributed by atoms with van der Waals surface area (Å²) >= 11 is 1.50. The van der Waals surface area contributed by atoms with Gasteiger partial charge in [-0.3, -0.25) is 4.79 Å². The molecule has 24 heavy (non-hydrogen) atoms. The molecule has 0 bridgehead atoms. The standard InChI is InChI=1S/C18H21NO4S/c1-22-14-7-3-12(4-8-14)17(24-11-16(19)18(20)21)13-5-9-15(23-2)10-6-13/h3-10,16-17H,11,19H2,1-2H3,(H,20,21). The van der Waals surface area contributed by atoms with Crippen molar-refractivity contribution in [1.82, 2.24) is 0 Å². The van der Waals surface area contributed by atoms with E-state index < -0.39 is 12.0 Å². The molecule has 128 valence electrons. The Morgan fingerprint density at radius 3 is 1.75 bits per heavy atom. The lowest BCUT2D eigenvalue weighted by Crippen LogP contribution is -2.32. The van der Waals surface area contributed by atoms with Crippen LogP contribution in [0.25, 0.3) is 0 Å². The fourth-order valence-corrected chi connectivity index (χ4v) is 3.46. The molecule has 2 aromatic rings. The quantitative estimate of drug-likeness (QED) is 0.764. The topological polar surface area (TPSA) is 81.8 Å². The summed E-state index contributed by atoms with van der Waals surface area (Å²) in [4.78, 5) is 11.0. The molecule has 5 nitrogen and oxygen atoms in total. The Bertz CT molecular complexity index is 610. The Hall–Kier alpha value is -2.18. The van der Waals surface area contributed by atoms with Crippen molar-refractivity contribution in [2.24, 2.45) is 5.73 Å². The maximum absolute atomic E-state index is 11.0. The number of thioether (sulfide) groups is 1. The summed E-state index contributed by atoms with van der Waals surface area (Å²) in [5.41, 5.74) is 7.77. The summed E-state index contributed by atoms with van der Waals surface area (Å²) < 4.78 is 10.4. The number of hydrogen-bond acceptors (Lipinski definition) is 5. The Balaban J connectivity index is 2.26. The van der Waals surface area contributed by atoms with E-state index in [0.717, 1.165) is 22.6 Å². The molecule has 1 atom stereocenters.